The number of aromatic nitrogens is 2. The van der Waals surface area contributed by atoms with Gasteiger partial charge in [-0.1, -0.05) is 5.16 Å². The minimum Gasteiger partial charge on any atom is -0.343 e. The summed E-state index contributed by atoms with van der Waals surface area (Å²) in [5.74, 6) is 0.639. The average Bonchev–Trinajstić information content (AvgIpc) is 2.72. The van der Waals surface area contributed by atoms with Crippen LogP contribution in [0, 0.1) is 0 Å². The summed E-state index contributed by atoms with van der Waals surface area (Å²) >= 11 is 0. The molecule has 2 amide bonds. The molecule has 0 unspecified atom stereocenters. The summed E-state index contributed by atoms with van der Waals surface area (Å²) in [5.41, 5.74) is 0. The van der Waals surface area contributed by atoms with Gasteiger partial charge in [-0.05, 0) is 0 Å². The first kappa shape index (κ1) is 8.03. The average molecular weight is 182 g/mol. The number of rotatable bonds is 3. The molecule has 1 fully saturated rings. The molecule has 2 rings (SSSR count). The molecule has 1 aromatic heterocycles. The van der Waals surface area contributed by atoms with Crippen LogP contribution in [0.15, 0.2) is 10.9 Å². The predicted molar refractivity (Wildman–Crippen MR) is 43.0 cm³/mol. The molecule has 0 radical (unpaired) electrons. The fourth-order valence-corrected chi connectivity index (χ4v) is 1.26. The number of carbonyl (C=O) groups excluding carboxylic acids is 1. The molecule has 0 aliphatic carbocycles. The van der Waals surface area contributed by atoms with Crippen molar-refractivity contribution >= 4 is 6.03 Å². The van der Waals surface area contributed by atoms with Gasteiger partial charge in [0, 0.05) is 26.1 Å². The molecule has 70 valence electrons. The van der Waals surface area contributed by atoms with Crippen LogP contribution in [-0.4, -0.2) is 40.7 Å². The maximum atomic E-state index is 11.1. The van der Waals surface area contributed by atoms with Crippen molar-refractivity contribution in [2.75, 3.05) is 19.6 Å². The number of nitrogens with zero attached hydrogens (tertiary/aromatic N) is 3. The Hall–Kier alpha value is -1.59. The van der Waals surface area contributed by atoms with Gasteiger partial charge in [0.25, 0.3) is 0 Å². The molecule has 6 nitrogen and oxygen atoms in total. The molecule has 1 N–H and O–H groups in total. The zero-order chi connectivity index (χ0) is 9.10. The van der Waals surface area contributed by atoms with Crippen LogP contribution >= 0.6 is 0 Å². The summed E-state index contributed by atoms with van der Waals surface area (Å²) in [4.78, 5) is 16.7. The first-order chi connectivity index (χ1) is 6.36. The Morgan fingerprint density at radius 1 is 1.69 bits per heavy atom. The van der Waals surface area contributed by atoms with Gasteiger partial charge in [-0.25, -0.2) is 4.79 Å². The van der Waals surface area contributed by atoms with Gasteiger partial charge in [0.1, 0.15) is 0 Å². The van der Waals surface area contributed by atoms with Gasteiger partial charge < -0.3 is 14.7 Å². The number of carbonyl (C=O) groups is 1. The topological polar surface area (TPSA) is 71.3 Å². The van der Waals surface area contributed by atoms with Crippen LogP contribution in [0.4, 0.5) is 4.79 Å². The zero-order valence-corrected chi connectivity index (χ0v) is 7.06. The first-order valence-corrected chi connectivity index (χ1v) is 4.14. The van der Waals surface area contributed by atoms with Crippen molar-refractivity contribution in [1.82, 2.24) is 20.4 Å². The SMILES string of the molecule is O=C1NCCN1CCc1ncon1. The summed E-state index contributed by atoms with van der Waals surface area (Å²) < 4.78 is 4.58. The van der Waals surface area contributed by atoms with E-state index in [1.807, 2.05) is 0 Å². The Morgan fingerprint density at radius 3 is 3.23 bits per heavy atom. The second kappa shape index (κ2) is 3.42. The van der Waals surface area contributed by atoms with E-state index in [0.29, 0.717) is 18.8 Å². The lowest BCUT2D eigenvalue weighted by Gasteiger charge is -2.11. The van der Waals surface area contributed by atoms with Crippen molar-refractivity contribution in [3.05, 3.63) is 12.2 Å². The highest BCUT2D eigenvalue weighted by atomic mass is 16.5. The Morgan fingerprint density at radius 2 is 2.62 bits per heavy atom. The highest BCUT2D eigenvalue weighted by Gasteiger charge is 2.18. The molecular weight excluding hydrogens is 172 g/mol. The molecule has 1 aliphatic heterocycles. The van der Waals surface area contributed by atoms with Gasteiger partial charge in [0.15, 0.2) is 5.82 Å². The summed E-state index contributed by atoms with van der Waals surface area (Å²) in [7, 11) is 0. The molecule has 0 atom stereocenters. The Balaban J connectivity index is 1.82. The summed E-state index contributed by atoms with van der Waals surface area (Å²) in [6, 6.07) is -0.0107. The third-order valence-corrected chi connectivity index (χ3v) is 1.96. The van der Waals surface area contributed by atoms with Gasteiger partial charge in [-0.2, -0.15) is 4.98 Å². The van der Waals surface area contributed by atoms with Crippen LogP contribution < -0.4 is 5.32 Å². The van der Waals surface area contributed by atoms with E-state index in [4.69, 9.17) is 0 Å². The van der Waals surface area contributed by atoms with Crippen molar-refractivity contribution in [1.29, 1.82) is 0 Å². The molecule has 2 heterocycles. The fraction of sp³-hybridized carbons (Fsp3) is 0.571. The standard InChI is InChI=1S/C7H10N4O2/c12-7-8-2-4-11(7)3-1-6-9-5-13-10-6/h5H,1-4H2,(H,8,12). The number of urea groups is 1. The van der Waals surface area contributed by atoms with E-state index >= 15 is 0 Å². The molecule has 1 aromatic rings. The highest BCUT2D eigenvalue weighted by molar-refractivity contribution is 5.76. The van der Waals surface area contributed by atoms with Crippen molar-refractivity contribution in [2.45, 2.75) is 6.42 Å². The second-order valence-electron chi connectivity index (χ2n) is 2.82. The molecule has 1 saturated heterocycles. The van der Waals surface area contributed by atoms with E-state index in [1.54, 1.807) is 4.90 Å². The van der Waals surface area contributed by atoms with Crippen LogP contribution in [0.2, 0.25) is 0 Å². The molecular formula is C7H10N4O2. The third kappa shape index (κ3) is 1.77. The molecule has 6 heteroatoms. The maximum absolute atomic E-state index is 11.1. The number of hydrogen-bond donors (Lipinski definition) is 1. The summed E-state index contributed by atoms with van der Waals surface area (Å²) in [5, 5.41) is 6.38. The summed E-state index contributed by atoms with van der Waals surface area (Å²) in [6.07, 6.45) is 1.93. The lowest BCUT2D eigenvalue weighted by Crippen LogP contribution is -2.30. The van der Waals surface area contributed by atoms with Gasteiger partial charge >= 0.3 is 6.03 Å². The lowest BCUT2D eigenvalue weighted by molar-refractivity contribution is 0.217. The fourth-order valence-electron chi connectivity index (χ4n) is 1.26. The van der Waals surface area contributed by atoms with Crippen LogP contribution in [0.1, 0.15) is 5.82 Å². The van der Waals surface area contributed by atoms with E-state index in [9.17, 15) is 4.79 Å². The van der Waals surface area contributed by atoms with E-state index in [-0.39, 0.29) is 6.03 Å². The van der Waals surface area contributed by atoms with Crippen molar-refractivity contribution in [3.63, 3.8) is 0 Å². The van der Waals surface area contributed by atoms with Crippen molar-refractivity contribution < 1.29 is 9.32 Å². The molecule has 1 aliphatic rings. The molecule has 13 heavy (non-hydrogen) atoms. The van der Waals surface area contributed by atoms with Gasteiger partial charge in [-0.3, -0.25) is 0 Å². The van der Waals surface area contributed by atoms with E-state index < -0.39 is 0 Å². The number of hydrogen-bond acceptors (Lipinski definition) is 4. The lowest BCUT2D eigenvalue weighted by atomic mass is 10.4. The van der Waals surface area contributed by atoms with Gasteiger partial charge in [-0.15, -0.1) is 0 Å². The number of nitrogens with one attached hydrogen (secondary N) is 1. The maximum Gasteiger partial charge on any atom is 0.317 e. The van der Waals surface area contributed by atoms with Gasteiger partial charge in [0.2, 0.25) is 6.39 Å². The monoisotopic (exact) mass is 182 g/mol. The van der Waals surface area contributed by atoms with Crippen LogP contribution in [0.3, 0.4) is 0 Å². The largest absolute Gasteiger partial charge is 0.343 e. The molecule has 0 spiro atoms. The summed E-state index contributed by atoms with van der Waals surface area (Å²) in [6.45, 7) is 2.13. The van der Waals surface area contributed by atoms with Crippen LogP contribution in [0.5, 0.6) is 0 Å². The van der Waals surface area contributed by atoms with Crippen LogP contribution in [0.25, 0.3) is 0 Å². The molecule has 0 bridgehead atoms. The minimum absolute atomic E-state index is 0.0107. The highest BCUT2D eigenvalue weighted by Crippen LogP contribution is 1.99. The van der Waals surface area contributed by atoms with Crippen LogP contribution in [-0.2, 0) is 6.42 Å². The first-order valence-electron chi connectivity index (χ1n) is 4.14. The normalized spacial score (nSPS) is 16.3. The van der Waals surface area contributed by atoms with E-state index in [2.05, 4.69) is 20.0 Å². The Labute approximate surface area is 74.9 Å². The second-order valence-corrected chi connectivity index (χ2v) is 2.82. The van der Waals surface area contributed by atoms with E-state index in [1.165, 1.54) is 6.39 Å². The third-order valence-electron chi connectivity index (χ3n) is 1.96. The number of amides is 2. The smallest absolute Gasteiger partial charge is 0.317 e. The predicted octanol–water partition coefficient (Wildman–Crippen LogP) is -0.363. The Bertz CT molecular complexity index is 285. The minimum atomic E-state index is -0.0107. The van der Waals surface area contributed by atoms with E-state index in [0.717, 1.165) is 13.1 Å². The van der Waals surface area contributed by atoms with Crippen molar-refractivity contribution in [3.8, 4) is 0 Å². The molecule has 0 aromatic carbocycles. The zero-order valence-electron chi connectivity index (χ0n) is 7.06. The quantitative estimate of drug-likeness (QED) is 0.692. The van der Waals surface area contributed by atoms with Gasteiger partial charge in [0.05, 0.1) is 0 Å². The van der Waals surface area contributed by atoms with Crippen molar-refractivity contribution in [2.24, 2.45) is 0 Å². The molecule has 0 saturated carbocycles. The Kier molecular flexibility index (Phi) is 2.11.